The summed E-state index contributed by atoms with van der Waals surface area (Å²) >= 11 is 0. The molecule has 0 radical (unpaired) electrons. The standard InChI is InChI=1S/C26H29F2N7O2/c1-17-24-21(25(27)28)12-22(19-13-29-32(2)15-19)30-26(24)35(31-17)16-23(36)34-10-8-33(9-11-34)14-18-4-6-20(37-3)7-5-18/h4-7,12-13,15,25H,8-11,14,16H2,1-3H3. The third kappa shape index (κ3) is 5.17. The SMILES string of the molecule is COc1ccc(CN2CCN(C(=O)Cn3nc(C)c4c(C(F)F)cc(-c5cnn(C)c5)nc43)CC2)cc1. The molecule has 0 atom stereocenters. The smallest absolute Gasteiger partial charge is 0.264 e. The van der Waals surface area contributed by atoms with E-state index in [2.05, 4.69) is 20.1 Å². The molecule has 0 unspecified atom stereocenters. The number of amides is 1. The van der Waals surface area contributed by atoms with Crippen molar-refractivity contribution >= 4 is 16.9 Å². The van der Waals surface area contributed by atoms with Crippen molar-refractivity contribution in [3.8, 4) is 17.0 Å². The van der Waals surface area contributed by atoms with Gasteiger partial charge in [0.15, 0.2) is 5.65 Å². The summed E-state index contributed by atoms with van der Waals surface area (Å²) in [6.45, 7) is 5.07. The van der Waals surface area contributed by atoms with Gasteiger partial charge in [-0.25, -0.2) is 18.4 Å². The molecule has 0 spiro atoms. The van der Waals surface area contributed by atoms with E-state index in [-0.39, 0.29) is 23.7 Å². The van der Waals surface area contributed by atoms with Gasteiger partial charge in [0, 0.05) is 57.1 Å². The Morgan fingerprint density at radius 1 is 1.14 bits per heavy atom. The predicted octanol–water partition coefficient (Wildman–Crippen LogP) is 3.43. The largest absolute Gasteiger partial charge is 0.497 e. The molecule has 11 heteroatoms. The molecule has 5 rings (SSSR count). The van der Waals surface area contributed by atoms with Gasteiger partial charge in [-0.1, -0.05) is 12.1 Å². The Hall–Kier alpha value is -3.86. The van der Waals surface area contributed by atoms with Gasteiger partial charge in [0.1, 0.15) is 12.3 Å². The number of aromatic nitrogens is 5. The second-order valence-electron chi connectivity index (χ2n) is 9.25. The molecule has 0 bridgehead atoms. The maximum Gasteiger partial charge on any atom is 0.264 e. The summed E-state index contributed by atoms with van der Waals surface area (Å²) in [6, 6.07) is 9.36. The van der Waals surface area contributed by atoms with Crippen LogP contribution in [-0.4, -0.2) is 73.5 Å². The van der Waals surface area contributed by atoms with Crippen LogP contribution in [-0.2, 0) is 24.9 Å². The number of pyridine rings is 1. The van der Waals surface area contributed by atoms with Gasteiger partial charge < -0.3 is 9.64 Å². The molecule has 194 valence electrons. The van der Waals surface area contributed by atoms with Gasteiger partial charge >= 0.3 is 0 Å². The second kappa shape index (κ2) is 10.3. The van der Waals surface area contributed by atoms with E-state index in [0.717, 1.165) is 25.4 Å². The average molecular weight is 510 g/mol. The lowest BCUT2D eigenvalue weighted by Gasteiger charge is -2.34. The number of piperazine rings is 1. The Balaban J connectivity index is 1.31. The Labute approximate surface area is 213 Å². The fourth-order valence-corrected chi connectivity index (χ4v) is 4.74. The zero-order chi connectivity index (χ0) is 26.1. The van der Waals surface area contributed by atoms with Gasteiger partial charge in [0.25, 0.3) is 6.43 Å². The summed E-state index contributed by atoms with van der Waals surface area (Å²) < 4.78 is 36.2. The second-order valence-corrected chi connectivity index (χ2v) is 9.25. The molecule has 37 heavy (non-hydrogen) atoms. The maximum atomic E-state index is 14.0. The summed E-state index contributed by atoms with van der Waals surface area (Å²) in [6.07, 6.45) is 0.591. The first-order chi connectivity index (χ1) is 17.8. The van der Waals surface area contributed by atoms with Crippen LogP contribution in [0.5, 0.6) is 5.75 Å². The van der Waals surface area contributed by atoms with E-state index in [1.807, 2.05) is 24.3 Å². The highest BCUT2D eigenvalue weighted by Crippen LogP contribution is 2.33. The number of hydrogen-bond acceptors (Lipinski definition) is 6. The third-order valence-corrected chi connectivity index (χ3v) is 6.72. The molecule has 1 amide bonds. The van der Waals surface area contributed by atoms with Crippen molar-refractivity contribution < 1.29 is 18.3 Å². The predicted molar refractivity (Wildman–Crippen MR) is 134 cm³/mol. The number of hydrogen-bond donors (Lipinski definition) is 0. The van der Waals surface area contributed by atoms with Crippen molar-refractivity contribution in [3.63, 3.8) is 0 Å². The first kappa shape index (κ1) is 24.8. The van der Waals surface area contributed by atoms with Gasteiger partial charge in [0.2, 0.25) is 5.91 Å². The monoisotopic (exact) mass is 509 g/mol. The molecule has 4 heterocycles. The van der Waals surface area contributed by atoms with Crippen molar-refractivity contribution in [3.05, 3.63) is 59.5 Å². The molecule has 1 saturated heterocycles. The maximum absolute atomic E-state index is 14.0. The molecule has 1 aliphatic rings. The van der Waals surface area contributed by atoms with Crippen LogP contribution in [0.25, 0.3) is 22.3 Å². The Morgan fingerprint density at radius 2 is 1.86 bits per heavy atom. The van der Waals surface area contributed by atoms with Crippen LogP contribution in [0.2, 0.25) is 0 Å². The normalized spacial score (nSPS) is 14.6. The van der Waals surface area contributed by atoms with Gasteiger partial charge in [-0.15, -0.1) is 0 Å². The number of nitrogens with zero attached hydrogens (tertiary/aromatic N) is 7. The van der Waals surface area contributed by atoms with Crippen LogP contribution in [0.4, 0.5) is 8.78 Å². The molecular weight excluding hydrogens is 480 g/mol. The zero-order valence-corrected chi connectivity index (χ0v) is 21.1. The number of benzene rings is 1. The van der Waals surface area contributed by atoms with Crippen molar-refractivity contribution in [1.29, 1.82) is 0 Å². The molecule has 0 saturated carbocycles. The van der Waals surface area contributed by atoms with Crippen LogP contribution >= 0.6 is 0 Å². The summed E-state index contributed by atoms with van der Waals surface area (Å²) in [4.78, 5) is 21.9. The lowest BCUT2D eigenvalue weighted by Crippen LogP contribution is -2.49. The minimum atomic E-state index is -2.70. The lowest BCUT2D eigenvalue weighted by molar-refractivity contribution is -0.133. The molecule has 0 aliphatic carbocycles. The number of aryl methyl sites for hydroxylation is 2. The van der Waals surface area contributed by atoms with Crippen molar-refractivity contribution in [2.45, 2.75) is 26.4 Å². The van der Waals surface area contributed by atoms with E-state index < -0.39 is 6.43 Å². The molecule has 3 aromatic heterocycles. The number of fused-ring (bicyclic) bond motifs is 1. The Morgan fingerprint density at radius 3 is 2.49 bits per heavy atom. The van der Waals surface area contributed by atoms with Gasteiger partial charge in [-0.05, 0) is 30.7 Å². The summed E-state index contributed by atoms with van der Waals surface area (Å²) in [5.74, 6) is 0.712. The Kier molecular flexibility index (Phi) is 6.88. The molecule has 4 aromatic rings. The van der Waals surface area contributed by atoms with Crippen LogP contribution in [0.15, 0.2) is 42.7 Å². The number of ether oxygens (including phenoxy) is 1. The highest BCUT2D eigenvalue weighted by molar-refractivity contribution is 5.87. The number of methoxy groups -OCH3 is 1. The van der Waals surface area contributed by atoms with E-state index in [1.54, 1.807) is 43.1 Å². The highest BCUT2D eigenvalue weighted by Gasteiger charge is 2.25. The number of carbonyl (C=O) groups excluding carboxylic acids is 1. The van der Waals surface area contributed by atoms with Crippen molar-refractivity contribution in [2.75, 3.05) is 33.3 Å². The van der Waals surface area contributed by atoms with Gasteiger partial charge in [-0.2, -0.15) is 10.2 Å². The Bertz CT molecular complexity index is 1410. The van der Waals surface area contributed by atoms with E-state index in [4.69, 9.17) is 4.74 Å². The third-order valence-electron chi connectivity index (χ3n) is 6.72. The van der Waals surface area contributed by atoms with Crippen LogP contribution in [0.3, 0.4) is 0 Å². The summed E-state index contributed by atoms with van der Waals surface area (Å²) in [7, 11) is 3.39. The fourth-order valence-electron chi connectivity index (χ4n) is 4.74. The van der Waals surface area contributed by atoms with Crippen LogP contribution in [0, 0.1) is 6.92 Å². The molecule has 0 N–H and O–H groups in total. The zero-order valence-electron chi connectivity index (χ0n) is 21.1. The van der Waals surface area contributed by atoms with Gasteiger partial charge in [0.05, 0.1) is 30.1 Å². The number of halogens is 2. The van der Waals surface area contributed by atoms with Crippen LogP contribution in [0.1, 0.15) is 23.2 Å². The first-order valence-corrected chi connectivity index (χ1v) is 12.1. The fraction of sp³-hybridized carbons (Fsp3) is 0.385. The number of carbonyl (C=O) groups is 1. The van der Waals surface area contributed by atoms with E-state index in [9.17, 15) is 13.6 Å². The van der Waals surface area contributed by atoms with E-state index in [1.165, 1.54) is 16.3 Å². The summed E-state index contributed by atoms with van der Waals surface area (Å²) in [5, 5.41) is 8.84. The van der Waals surface area contributed by atoms with Gasteiger partial charge in [-0.3, -0.25) is 14.4 Å². The van der Waals surface area contributed by atoms with E-state index >= 15 is 0 Å². The topological polar surface area (TPSA) is 81.3 Å². The van der Waals surface area contributed by atoms with Crippen molar-refractivity contribution in [1.82, 2.24) is 34.3 Å². The molecular formula is C26H29F2N7O2. The lowest BCUT2D eigenvalue weighted by atomic mass is 10.1. The quantitative estimate of drug-likeness (QED) is 0.380. The minimum absolute atomic E-state index is 0.0605. The molecule has 9 nitrogen and oxygen atoms in total. The number of alkyl halides is 2. The summed E-state index contributed by atoms with van der Waals surface area (Å²) in [5.41, 5.74) is 2.73. The average Bonchev–Trinajstić information content (AvgIpc) is 3.47. The molecule has 1 fully saturated rings. The minimum Gasteiger partial charge on any atom is -0.497 e. The van der Waals surface area contributed by atoms with Crippen molar-refractivity contribution in [2.24, 2.45) is 7.05 Å². The molecule has 1 aromatic carbocycles. The first-order valence-electron chi connectivity index (χ1n) is 12.1. The van der Waals surface area contributed by atoms with E-state index in [0.29, 0.717) is 35.4 Å². The van der Waals surface area contributed by atoms with Crippen LogP contribution < -0.4 is 4.74 Å². The number of rotatable bonds is 7. The highest BCUT2D eigenvalue weighted by atomic mass is 19.3. The molecule has 1 aliphatic heterocycles.